The fourth-order valence-corrected chi connectivity index (χ4v) is 4.61. The van der Waals surface area contributed by atoms with Gasteiger partial charge in [0.05, 0.1) is 22.6 Å². The number of primary amides is 1. The van der Waals surface area contributed by atoms with Gasteiger partial charge >= 0.3 is 0 Å². The Morgan fingerprint density at radius 3 is 2.71 bits per heavy atom. The molecule has 0 spiro atoms. The van der Waals surface area contributed by atoms with Crippen LogP contribution in [0, 0.1) is 0 Å². The number of methoxy groups -OCH3 is 1. The van der Waals surface area contributed by atoms with E-state index in [0.717, 1.165) is 4.31 Å². The Bertz CT molecular complexity index is 664. The molecule has 1 aromatic carbocycles. The van der Waals surface area contributed by atoms with E-state index < -0.39 is 28.1 Å². The van der Waals surface area contributed by atoms with Crippen LogP contribution in [0.25, 0.3) is 0 Å². The van der Waals surface area contributed by atoms with Crippen molar-refractivity contribution >= 4 is 31.9 Å². The Morgan fingerprint density at radius 2 is 2.19 bits per heavy atom. The highest BCUT2D eigenvalue weighted by atomic mass is 79.9. The number of aliphatic hydroxyl groups excluding tert-OH is 1. The van der Waals surface area contributed by atoms with Crippen LogP contribution in [0.4, 0.5) is 0 Å². The second kappa shape index (κ2) is 5.91. The van der Waals surface area contributed by atoms with Crippen LogP contribution in [0.3, 0.4) is 0 Å². The fourth-order valence-electron chi connectivity index (χ4n) is 2.25. The number of carbonyl (C=O) groups is 1. The van der Waals surface area contributed by atoms with E-state index in [9.17, 15) is 18.3 Å². The third kappa shape index (κ3) is 3.05. The van der Waals surface area contributed by atoms with Gasteiger partial charge in [-0.15, -0.1) is 0 Å². The van der Waals surface area contributed by atoms with E-state index in [0.29, 0.717) is 10.2 Å². The summed E-state index contributed by atoms with van der Waals surface area (Å²) in [5, 5.41) is 9.62. The van der Waals surface area contributed by atoms with Crippen molar-refractivity contribution in [1.29, 1.82) is 0 Å². The largest absolute Gasteiger partial charge is 0.496 e. The molecule has 0 aliphatic carbocycles. The minimum absolute atomic E-state index is 0.00414. The first-order valence-electron chi connectivity index (χ1n) is 6.10. The summed E-state index contributed by atoms with van der Waals surface area (Å²) in [5.41, 5.74) is 5.22. The Labute approximate surface area is 130 Å². The van der Waals surface area contributed by atoms with Crippen molar-refractivity contribution in [2.24, 2.45) is 5.73 Å². The number of nitrogens with two attached hydrogens (primary N) is 1. The monoisotopic (exact) mass is 378 g/mol. The number of β-amino-alcohol motifs (C(OH)–C–C–N with tert-alkyl or cyclic N) is 1. The predicted octanol–water partition coefficient (Wildman–Crippen LogP) is 0.0669. The van der Waals surface area contributed by atoms with Gasteiger partial charge in [-0.3, -0.25) is 4.79 Å². The summed E-state index contributed by atoms with van der Waals surface area (Å²) < 4.78 is 31.6. The number of ether oxygens (including phenoxy) is 1. The highest BCUT2D eigenvalue weighted by Gasteiger charge is 2.42. The molecule has 1 fully saturated rings. The summed E-state index contributed by atoms with van der Waals surface area (Å²) in [5.74, 6) is -0.287. The normalized spacial score (nSPS) is 23.2. The number of rotatable bonds is 4. The topological polar surface area (TPSA) is 110 Å². The van der Waals surface area contributed by atoms with Gasteiger partial charge in [-0.05, 0) is 34.1 Å². The molecular formula is C12H15BrN2O5S. The average Bonchev–Trinajstić information content (AvgIpc) is 2.81. The SMILES string of the molecule is COc1ccc(S(=O)(=O)N2CC(O)CC2C(N)=O)cc1Br. The molecule has 0 saturated carbocycles. The average molecular weight is 379 g/mol. The molecule has 21 heavy (non-hydrogen) atoms. The van der Waals surface area contributed by atoms with Crippen molar-refractivity contribution in [3.8, 4) is 5.75 Å². The molecule has 1 aliphatic heterocycles. The van der Waals surface area contributed by atoms with Gasteiger partial charge in [0.2, 0.25) is 15.9 Å². The molecule has 1 heterocycles. The lowest BCUT2D eigenvalue weighted by Gasteiger charge is -2.21. The van der Waals surface area contributed by atoms with Crippen molar-refractivity contribution in [3.05, 3.63) is 22.7 Å². The lowest BCUT2D eigenvalue weighted by molar-refractivity contribution is -0.121. The summed E-state index contributed by atoms with van der Waals surface area (Å²) >= 11 is 3.22. The molecule has 9 heteroatoms. The van der Waals surface area contributed by atoms with E-state index in [1.807, 2.05) is 0 Å². The minimum Gasteiger partial charge on any atom is -0.496 e. The molecule has 1 saturated heterocycles. The van der Waals surface area contributed by atoms with E-state index in [4.69, 9.17) is 10.5 Å². The van der Waals surface area contributed by atoms with Crippen molar-refractivity contribution in [3.63, 3.8) is 0 Å². The zero-order valence-electron chi connectivity index (χ0n) is 11.2. The van der Waals surface area contributed by atoms with Crippen LogP contribution in [0.15, 0.2) is 27.6 Å². The van der Waals surface area contributed by atoms with Crippen molar-refractivity contribution in [1.82, 2.24) is 4.31 Å². The van der Waals surface area contributed by atoms with E-state index in [1.54, 1.807) is 0 Å². The van der Waals surface area contributed by atoms with Crippen molar-refractivity contribution in [2.45, 2.75) is 23.5 Å². The number of hydrogen-bond donors (Lipinski definition) is 2. The number of nitrogens with zero attached hydrogens (tertiary/aromatic N) is 1. The van der Waals surface area contributed by atoms with E-state index in [2.05, 4.69) is 15.9 Å². The van der Waals surface area contributed by atoms with Crippen LogP contribution in [-0.2, 0) is 14.8 Å². The summed E-state index contributed by atoms with van der Waals surface area (Å²) in [6.07, 6.45) is -0.898. The molecule has 1 aliphatic rings. The Kier molecular flexibility index (Phi) is 4.57. The molecule has 2 atom stereocenters. The summed E-state index contributed by atoms with van der Waals surface area (Å²) in [6.45, 7) is -0.153. The van der Waals surface area contributed by atoms with Crippen LogP contribution in [0.1, 0.15) is 6.42 Å². The first-order valence-corrected chi connectivity index (χ1v) is 8.33. The quantitative estimate of drug-likeness (QED) is 0.769. The lowest BCUT2D eigenvalue weighted by Crippen LogP contribution is -2.43. The minimum atomic E-state index is -3.93. The smallest absolute Gasteiger partial charge is 0.243 e. The molecule has 116 valence electrons. The molecule has 1 amide bonds. The summed E-state index contributed by atoms with van der Waals surface area (Å²) in [6, 6.07) is 3.23. The maximum Gasteiger partial charge on any atom is 0.243 e. The lowest BCUT2D eigenvalue weighted by atomic mass is 10.2. The number of sulfonamides is 1. The molecule has 1 aromatic rings. The van der Waals surface area contributed by atoms with Crippen LogP contribution >= 0.6 is 15.9 Å². The molecule has 2 unspecified atom stereocenters. The highest BCUT2D eigenvalue weighted by Crippen LogP contribution is 2.31. The molecular weight excluding hydrogens is 364 g/mol. The van der Waals surface area contributed by atoms with Crippen molar-refractivity contribution < 1.29 is 23.1 Å². The second-order valence-electron chi connectivity index (χ2n) is 4.68. The highest BCUT2D eigenvalue weighted by molar-refractivity contribution is 9.10. The number of amides is 1. The van der Waals surface area contributed by atoms with Gasteiger partial charge in [0, 0.05) is 13.0 Å². The van der Waals surface area contributed by atoms with Gasteiger partial charge in [-0.2, -0.15) is 4.31 Å². The number of hydrogen-bond acceptors (Lipinski definition) is 5. The molecule has 0 radical (unpaired) electrons. The molecule has 7 nitrogen and oxygen atoms in total. The van der Waals surface area contributed by atoms with E-state index >= 15 is 0 Å². The zero-order valence-corrected chi connectivity index (χ0v) is 13.6. The molecule has 3 N–H and O–H groups in total. The van der Waals surface area contributed by atoms with Crippen LogP contribution < -0.4 is 10.5 Å². The zero-order chi connectivity index (χ0) is 15.8. The maximum absolute atomic E-state index is 12.6. The molecule has 0 bridgehead atoms. The third-order valence-electron chi connectivity index (χ3n) is 3.29. The number of aliphatic hydroxyl groups is 1. The van der Waals surface area contributed by atoms with Gasteiger partial charge in [0.15, 0.2) is 0 Å². The van der Waals surface area contributed by atoms with Crippen LogP contribution in [0.5, 0.6) is 5.75 Å². The van der Waals surface area contributed by atoms with Gasteiger partial charge in [0.25, 0.3) is 0 Å². The Balaban J connectivity index is 2.42. The van der Waals surface area contributed by atoms with Gasteiger partial charge in [-0.25, -0.2) is 8.42 Å². The summed E-state index contributed by atoms with van der Waals surface area (Å²) in [7, 11) is -2.46. The van der Waals surface area contributed by atoms with Crippen LogP contribution in [0.2, 0.25) is 0 Å². The number of benzene rings is 1. The predicted molar refractivity (Wildman–Crippen MR) is 78.2 cm³/mol. The van der Waals surface area contributed by atoms with E-state index in [-0.39, 0.29) is 17.9 Å². The van der Waals surface area contributed by atoms with Gasteiger partial charge in [-0.1, -0.05) is 0 Å². The standard InChI is InChI=1S/C12H15BrN2O5S/c1-20-11-3-2-8(5-9(11)13)21(18,19)15-6-7(16)4-10(15)12(14)17/h2-3,5,7,10,16H,4,6H2,1H3,(H2,14,17). The van der Waals surface area contributed by atoms with Gasteiger partial charge in [0.1, 0.15) is 11.8 Å². The number of halogens is 1. The number of carbonyl (C=O) groups excluding carboxylic acids is 1. The molecule has 2 rings (SSSR count). The first-order chi connectivity index (χ1) is 9.77. The Morgan fingerprint density at radius 1 is 1.52 bits per heavy atom. The maximum atomic E-state index is 12.6. The molecule has 0 aromatic heterocycles. The third-order valence-corrected chi connectivity index (χ3v) is 5.78. The summed E-state index contributed by atoms with van der Waals surface area (Å²) in [4.78, 5) is 11.4. The van der Waals surface area contributed by atoms with E-state index in [1.165, 1.54) is 25.3 Å². The van der Waals surface area contributed by atoms with Crippen LogP contribution in [-0.4, -0.2) is 49.5 Å². The second-order valence-corrected chi connectivity index (χ2v) is 7.42. The Hall–Kier alpha value is -1.16. The fraction of sp³-hybridized carbons (Fsp3) is 0.417. The van der Waals surface area contributed by atoms with Crippen molar-refractivity contribution in [2.75, 3.05) is 13.7 Å². The van der Waals surface area contributed by atoms with Gasteiger partial charge < -0.3 is 15.6 Å². The first kappa shape index (κ1) is 16.2.